The summed E-state index contributed by atoms with van der Waals surface area (Å²) >= 11 is 0. The molecule has 2 aliphatic rings. The van der Waals surface area contributed by atoms with E-state index in [1.54, 1.807) is 42.5 Å². The second-order valence-corrected chi connectivity index (χ2v) is 10.3. The molecule has 0 radical (unpaired) electrons. The lowest BCUT2D eigenvalue weighted by Crippen LogP contribution is -2.44. The number of sulfonamides is 1. The van der Waals surface area contributed by atoms with Crippen LogP contribution in [0, 0.1) is 5.82 Å². The molecule has 1 saturated carbocycles. The standard InChI is InChI=1S/C23H25FN4O3S/c24-18-8-6-17(7-9-18)23(12-13-23)22-25-21(31-26-22)16-28-14-10-19(11-15-28)27-32(29,30)20-4-2-1-3-5-20/h1-9,19,27H,10-16H2. The first-order chi connectivity index (χ1) is 15.4. The Hall–Kier alpha value is -2.62. The molecule has 1 saturated heterocycles. The first kappa shape index (κ1) is 21.2. The zero-order valence-electron chi connectivity index (χ0n) is 17.6. The van der Waals surface area contributed by atoms with E-state index in [1.165, 1.54) is 12.1 Å². The molecule has 3 aromatic rings. The van der Waals surface area contributed by atoms with Gasteiger partial charge in [0.2, 0.25) is 15.9 Å². The van der Waals surface area contributed by atoms with Crippen molar-refractivity contribution in [2.24, 2.45) is 0 Å². The molecule has 2 heterocycles. The van der Waals surface area contributed by atoms with Gasteiger partial charge in [-0.3, -0.25) is 4.90 Å². The van der Waals surface area contributed by atoms with E-state index in [-0.39, 0.29) is 22.2 Å². The lowest BCUT2D eigenvalue weighted by Gasteiger charge is -2.31. The second-order valence-electron chi connectivity index (χ2n) is 8.59. The normalized spacial score (nSPS) is 19.2. The average Bonchev–Trinajstić information content (AvgIpc) is 3.48. The Morgan fingerprint density at radius 2 is 1.75 bits per heavy atom. The van der Waals surface area contributed by atoms with Crippen LogP contribution in [0.25, 0.3) is 0 Å². The molecule has 0 spiro atoms. The van der Waals surface area contributed by atoms with Gasteiger partial charge in [0.25, 0.3) is 0 Å². The van der Waals surface area contributed by atoms with Crippen molar-refractivity contribution >= 4 is 10.0 Å². The third kappa shape index (κ3) is 4.32. The molecule has 9 heteroatoms. The molecule has 7 nitrogen and oxygen atoms in total. The smallest absolute Gasteiger partial charge is 0.240 e. The zero-order chi connectivity index (χ0) is 22.2. The maximum Gasteiger partial charge on any atom is 0.240 e. The van der Waals surface area contributed by atoms with Gasteiger partial charge in [-0.05, 0) is 55.5 Å². The van der Waals surface area contributed by atoms with E-state index in [2.05, 4.69) is 19.8 Å². The van der Waals surface area contributed by atoms with Gasteiger partial charge in [0.1, 0.15) is 5.82 Å². The molecular weight excluding hydrogens is 431 g/mol. The molecule has 1 aromatic heterocycles. The maximum atomic E-state index is 13.3. The Labute approximate surface area is 186 Å². The Balaban J connectivity index is 1.17. The van der Waals surface area contributed by atoms with Crippen LogP contribution in [0.2, 0.25) is 0 Å². The second kappa shape index (κ2) is 8.38. The number of hydrogen-bond acceptors (Lipinski definition) is 6. The van der Waals surface area contributed by atoms with Crippen molar-refractivity contribution in [3.05, 3.63) is 77.7 Å². The molecule has 1 aliphatic heterocycles. The molecule has 0 bridgehead atoms. The number of likely N-dealkylation sites (tertiary alicyclic amines) is 1. The van der Waals surface area contributed by atoms with Gasteiger partial charge in [0.15, 0.2) is 5.82 Å². The van der Waals surface area contributed by atoms with E-state index in [1.807, 2.05) is 0 Å². The van der Waals surface area contributed by atoms with Crippen LogP contribution < -0.4 is 4.72 Å². The number of nitrogens with one attached hydrogen (secondary N) is 1. The van der Waals surface area contributed by atoms with Crippen molar-refractivity contribution in [2.45, 2.75) is 48.6 Å². The lowest BCUT2D eigenvalue weighted by molar-refractivity contribution is 0.177. The summed E-state index contributed by atoms with van der Waals surface area (Å²) in [5, 5.41) is 4.21. The van der Waals surface area contributed by atoms with Gasteiger partial charge in [0, 0.05) is 19.1 Å². The molecule has 1 N–H and O–H groups in total. The van der Waals surface area contributed by atoms with Crippen molar-refractivity contribution in [3.63, 3.8) is 0 Å². The van der Waals surface area contributed by atoms with Gasteiger partial charge in [-0.1, -0.05) is 35.5 Å². The highest BCUT2D eigenvalue weighted by molar-refractivity contribution is 7.89. The molecule has 0 amide bonds. The predicted molar refractivity (Wildman–Crippen MR) is 116 cm³/mol. The van der Waals surface area contributed by atoms with E-state index in [4.69, 9.17) is 4.52 Å². The Morgan fingerprint density at radius 3 is 2.41 bits per heavy atom. The number of nitrogens with zero attached hydrogens (tertiary/aromatic N) is 3. The number of halogens is 1. The molecule has 2 aromatic carbocycles. The first-order valence-electron chi connectivity index (χ1n) is 10.8. The molecular formula is C23H25FN4O3S. The van der Waals surface area contributed by atoms with E-state index >= 15 is 0 Å². The highest BCUT2D eigenvalue weighted by Gasteiger charge is 2.50. The molecule has 2 fully saturated rings. The monoisotopic (exact) mass is 456 g/mol. The van der Waals surface area contributed by atoms with Crippen LogP contribution in [0.15, 0.2) is 64.0 Å². The topological polar surface area (TPSA) is 88.3 Å². The molecule has 1 aliphatic carbocycles. The van der Waals surface area contributed by atoms with Crippen LogP contribution in [0.3, 0.4) is 0 Å². The predicted octanol–water partition coefficient (Wildman–Crippen LogP) is 3.23. The molecule has 32 heavy (non-hydrogen) atoms. The highest BCUT2D eigenvalue weighted by atomic mass is 32.2. The maximum absolute atomic E-state index is 13.3. The van der Waals surface area contributed by atoms with Gasteiger partial charge in [0.05, 0.1) is 16.9 Å². The van der Waals surface area contributed by atoms with Gasteiger partial charge in [-0.15, -0.1) is 0 Å². The molecule has 0 unspecified atom stereocenters. The van der Waals surface area contributed by atoms with E-state index < -0.39 is 10.0 Å². The van der Waals surface area contributed by atoms with E-state index in [0.29, 0.717) is 31.1 Å². The minimum atomic E-state index is -3.50. The minimum absolute atomic E-state index is 0.0945. The zero-order valence-corrected chi connectivity index (χ0v) is 18.4. The summed E-state index contributed by atoms with van der Waals surface area (Å²) < 4.78 is 46.7. The largest absolute Gasteiger partial charge is 0.338 e. The van der Waals surface area contributed by atoms with Gasteiger partial charge in [-0.2, -0.15) is 4.98 Å². The molecule has 0 atom stereocenters. The summed E-state index contributed by atoms with van der Waals surface area (Å²) in [7, 11) is -3.50. The Bertz CT molecular complexity index is 1170. The number of rotatable bonds is 7. The summed E-state index contributed by atoms with van der Waals surface area (Å²) in [6, 6.07) is 14.9. The van der Waals surface area contributed by atoms with Crippen LogP contribution in [-0.4, -0.2) is 42.6 Å². The van der Waals surface area contributed by atoms with Crippen molar-refractivity contribution in [1.29, 1.82) is 0 Å². The quantitative estimate of drug-likeness (QED) is 0.587. The minimum Gasteiger partial charge on any atom is -0.338 e. The van der Waals surface area contributed by atoms with Gasteiger partial charge in [-0.25, -0.2) is 17.5 Å². The SMILES string of the molecule is O=S(=O)(NC1CCN(Cc2nc(C3(c4ccc(F)cc4)CC3)no2)CC1)c1ccccc1. The van der Waals surface area contributed by atoms with Gasteiger partial charge < -0.3 is 4.52 Å². The summed E-state index contributed by atoms with van der Waals surface area (Å²) in [5.74, 6) is 0.953. The Morgan fingerprint density at radius 1 is 1.06 bits per heavy atom. The number of aromatic nitrogens is 2. The van der Waals surface area contributed by atoms with Crippen LogP contribution in [-0.2, 0) is 22.0 Å². The fourth-order valence-corrected chi connectivity index (χ4v) is 5.66. The van der Waals surface area contributed by atoms with E-state index in [9.17, 15) is 12.8 Å². The van der Waals surface area contributed by atoms with Crippen molar-refractivity contribution in [2.75, 3.05) is 13.1 Å². The van der Waals surface area contributed by atoms with Crippen LogP contribution >= 0.6 is 0 Å². The number of piperidine rings is 1. The van der Waals surface area contributed by atoms with Crippen molar-refractivity contribution < 1.29 is 17.3 Å². The summed E-state index contributed by atoms with van der Waals surface area (Å²) in [6.45, 7) is 2.01. The molecule has 5 rings (SSSR count). The van der Waals surface area contributed by atoms with Crippen LogP contribution in [0.4, 0.5) is 4.39 Å². The third-order valence-corrected chi connectivity index (χ3v) is 7.90. The number of benzene rings is 2. The third-order valence-electron chi connectivity index (χ3n) is 6.36. The average molecular weight is 457 g/mol. The summed E-state index contributed by atoms with van der Waals surface area (Å²) in [4.78, 5) is 7.12. The van der Waals surface area contributed by atoms with Crippen molar-refractivity contribution in [3.8, 4) is 0 Å². The van der Waals surface area contributed by atoms with E-state index in [0.717, 1.165) is 31.5 Å². The highest BCUT2D eigenvalue weighted by Crippen LogP contribution is 2.52. The number of hydrogen-bond donors (Lipinski definition) is 1. The fraction of sp³-hybridized carbons (Fsp3) is 0.391. The van der Waals surface area contributed by atoms with Crippen LogP contribution in [0.5, 0.6) is 0 Å². The fourth-order valence-electron chi connectivity index (χ4n) is 4.34. The first-order valence-corrected chi connectivity index (χ1v) is 12.3. The molecule has 168 valence electrons. The summed E-state index contributed by atoms with van der Waals surface area (Å²) in [5.41, 5.74) is 0.746. The van der Waals surface area contributed by atoms with Crippen LogP contribution in [0.1, 0.15) is 43.0 Å². The Kier molecular flexibility index (Phi) is 5.56. The summed E-state index contributed by atoms with van der Waals surface area (Å²) in [6.07, 6.45) is 3.27. The van der Waals surface area contributed by atoms with Crippen molar-refractivity contribution in [1.82, 2.24) is 19.8 Å². The van der Waals surface area contributed by atoms with Gasteiger partial charge >= 0.3 is 0 Å². The lowest BCUT2D eigenvalue weighted by atomic mass is 9.95.